The fourth-order valence-corrected chi connectivity index (χ4v) is 4.18. The van der Waals surface area contributed by atoms with E-state index >= 15 is 0 Å². The second kappa shape index (κ2) is 11.2. The molecule has 9 nitrogen and oxygen atoms in total. The smallest absolute Gasteiger partial charge is 0.311 e. The van der Waals surface area contributed by atoms with Crippen molar-refractivity contribution >= 4 is 17.3 Å². The van der Waals surface area contributed by atoms with Crippen molar-refractivity contribution in [2.24, 2.45) is 0 Å². The third-order valence-electron chi connectivity index (χ3n) is 6.14. The van der Waals surface area contributed by atoms with Crippen molar-refractivity contribution in [3.63, 3.8) is 0 Å². The zero-order valence-electron chi connectivity index (χ0n) is 18.5. The molecular weight excluding hydrogens is 408 g/mol. The van der Waals surface area contributed by atoms with Crippen LogP contribution in [0.4, 0.5) is 17.3 Å². The van der Waals surface area contributed by atoms with Gasteiger partial charge >= 0.3 is 5.69 Å². The first-order valence-electron chi connectivity index (χ1n) is 11.4. The number of hydrogen-bond acceptors (Lipinski definition) is 8. The normalized spacial score (nSPS) is 17.9. The summed E-state index contributed by atoms with van der Waals surface area (Å²) in [5.41, 5.74) is 1.39. The van der Waals surface area contributed by atoms with Crippen LogP contribution in [0, 0.1) is 10.1 Å². The van der Waals surface area contributed by atoms with E-state index in [4.69, 9.17) is 4.74 Å². The van der Waals surface area contributed by atoms with E-state index in [9.17, 15) is 10.1 Å². The van der Waals surface area contributed by atoms with Gasteiger partial charge in [0.2, 0.25) is 5.82 Å². The Bertz CT molecular complexity index is 867. The molecule has 0 atom stereocenters. The predicted octanol–water partition coefficient (Wildman–Crippen LogP) is 2.10. The number of nitro groups is 1. The minimum absolute atomic E-state index is 0.0252. The fraction of sp³-hybridized carbons (Fsp3) is 0.522. The zero-order chi connectivity index (χ0) is 22.2. The number of nitrogens with one attached hydrogen (secondary N) is 1. The van der Waals surface area contributed by atoms with Gasteiger partial charge in [0.1, 0.15) is 5.82 Å². The van der Waals surface area contributed by atoms with Gasteiger partial charge in [-0.2, -0.15) is 0 Å². The van der Waals surface area contributed by atoms with E-state index < -0.39 is 0 Å². The minimum atomic E-state index is -0.366. The largest absolute Gasteiger partial charge is 0.379 e. The molecule has 1 aromatic carbocycles. The summed E-state index contributed by atoms with van der Waals surface area (Å²) in [6.45, 7) is 9.40. The van der Waals surface area contributed by atoms with Gasteiger partial charge in [-0.3, -0.25) is 19.9 Å². The maximum atomic E-state index is 11.5. The second-order valence-electron chi connectivity index (χ2n) is 8.24. The van der Waals surface area contributed by atoms with Crippen LogP contribution in [0.25, 0.3) is 0 Å². The summed E-state index contributed by atoms with van der Waals surface area (Å²) >= 11 is 0. The number of aromatic nitrogens is 1. The van der Waals surface area contributed by atoms with Crippen LogP contribution in [0.2, 0.25) is 0 Å². The lowest BCUT2D eigenvalue weighted by Crippen LogP contribution is -2.47. The number of nitrogens with zero attached hydrogens (tertiary/aromatic N) is 5. The van der Waals surface area contributed by atoms with Crippen LogP contribution in [-0.4, -0.2) is 91.8 Å². The molecule has 9 heteroatoms. The summed E-state index contributed by atoms with van der Waals surface area (Å²) < 4.78 is 5.37. The minimum Gasteiger partial charge on any atom is -0.379 e. The van der Waals surface area contributed by atoms with Crippen LogP contribution in [0.3, 0.4) is 0 Å². The Kier molecular flexibility index (Phi) is 7.87. The Morgan fingerprint density at radius 1 is 0.938 bits per heavy atom. The first-order valence-corrected chi connectivity index (χ1v) is 11.4. The summed E-state index contributed by atoms with van der Waals surface area (Å²) in [5.74, 6) is 1.15. The van der Waals surface area contributed by atoms with Crippen molar-refractivity contribution in [1.29, 1.82) is 0 Å². The number of anilines is 2. The molecule has 2 aromatic rings. The Balaban J connectivity index is 1.31. The molecular formula is C23H32N6O3. The molecule has 2 aliphatic heterocycles. The third-order valence-corrected chi connectivity index (χ3v) is 6.14. The van der Waals surface area contributed by atoms with Crippen LogP contribution in [0.15, 0.2) is 42.5 Å². The van der Waals surface area contributed by atoms with E-state index in [1.807, 2.05) is 6.07 Å². The van der Waals surface area contributed by atoms with E-state index in [0.29, 0.717) is 12.4 Å². The number of benzene rings is 1. The molecule has 0 bridgehead atoms. The summed E-state index contributed by atoms with van der Waals surface area (Å²) in [6, 6.07) is 13.9. The molecule has 1 N–H and O–H groups in total. The number of rotatable bonds is 9. The van der Waals surface area contributed by atoms with Gasteiger partial charge in [0.25, 0.3) is 0 Å². The van der Waals surface area contributed by atoms with Gasteiger partial charge in [-0.25, -0.2) is 4.98 Å². The summed E-state index contributed by atoms with van der Waals surface area (Å²) in [4.78, 5) is 22.7. The molecule has 172 valence electrons. The van der Waals surface area contributed by atoms with Gasteiger partial charge in [-0.1, -0.05) is 30.3 Å². The lowest BCUT2D eigenvalue weighted by atomic mass is 10.1. The average Bonchev–Trinajstić information content (AvgIpc) is 2.84. The highest BCUT2D eigenvalue weighted by Crippen LogP contribution is 2.26. The predicted molar refractivity (Wildman–Crippen MR) is 125 cm³/mol. The Morgan fingerprint density at radius 2 is 1.66 bits per heavy atom. The molecule has 0 amide bonds. The molecule has 0 spiro atoms. The van der Waals surface area contributed by atoms with Crippen LogP contribution < -0.4 is 10.2 Å². The van der Waals surface area contributed by atoms with Crippen LogP contribution in [-0.2, 0) is 11.2 Å². The van der Waals surface area contributed by atoms with E-state index in [-0.39, 0.29) is 10.6 Å². The number of pyridine rings is 1. The van der Waals surface area contributed by atoms with Crippen molar-refractivity contribution in [3.05, 3.63) is 58.1 Å². The van der Waals surface area contributed by atoms with Crippen LogP contribution >= 0.6 is 0 Å². The topological polar surface area (TPSA) is 87.0 Å². The maximum absolute atomic E-state index is 11.5. The Hall–Kier alpha value is -2.75. The van der Waals surface area contributed by atoms with Gasteiger partial charge in [-0.05, 0) is 18.1 Å². The number of ether oxygens (including phenoxy) is 1. The molecule has 0 saturated carbocycles. The second-order valence-corrected chi connectivity index (χ2v) is 8.24. The van der Waals surface area contributed by atoms with E-state index in [1.165, 1.54) is 5.56 Å². The van der Waals surface area contributed by atoms with Gasteiger partial charge in [0, 0.05) is 65.0 Å². The first kappa shape index (κ1) is 22.4. The third kappa shape index (κ3) is 6.15. The summed E-state index contributed by atoms with van der Waals surface area (Å²) in [6.07, 6.45) is 1.05. The molecule has 2 saturated heterocycles. The maximum Gasteiger partial charge on any atom is 0.311 e. The highest BCUT2D eigenvalue weighted by molar-refractivity contribution is 5.61. The molecule has 32 heavy (non-hydrogen) atoms. The van der Waals surface area contributed by atoms with Crippen LogP contribution in [0.1, 0.15) is 5.56 Å². The summed E-state index contributed by atoms with van der Waals surface area (Å²) in [7, 11) is 0. The van der Waals surface area contributed by atoms with Gasteiger partial charge in [0.15, 0.2) is 0 Å². The van der Waals surface area contributed by atoms with Gasteiger partial charge in [-0.15, -0.1) is 0 Å². The molecule has 3 heterocycles. The van der Waals surface area contributed by atoms with Crippen LogP contribution in [0.5, 0.6) is 0 Å². The fourth-order valence-electron chi connectivity index (χ4n) is 4.18. The number of piperazine rings is 1. The Morgan fingerprint density at radius 3 is 2.38 bits per heavy atom. The first-order chi connectivity index (χ1) is 15.7. The SMILES string of the molecule is O=[N+]([O-])c1ccc(N2CCN(CCc3ccccc3)CC2)nc1NCCN1CCOCC1. The average molecular weight is 441 g/mol. The molecule has 2 aliphatic rings. The molecule has 0 radical (unpaired) electrons. The Labute approximate surface area is 189 Å². The van der Waals surface area contributed by atoms with Crippen molar-refractivity contribution in [3.8, 4) is 0 Å². The van der Waals surface area contributed by atoms with Crippen molar-refractivity contribution in [2.75, 3.05) is 82.3 Å². The molecule has 4 rings (SSSR count). The van der Waals surface area contributed by atoms with E-state index in [2.05, 4.69) is 49.3 Å². The van der Waals surface area contributed by atoms with Gasteiger partial charge < -0.3 is 15.0 Å². The van der Waals surface area contributed by atoms with E-state index in [1.54, 1.807) is 12.1 Å². The highest BCUT2D eigenvalue weighted by atomic mass is 16.6. The highest BCUT2D eigenvalue weighted by Gasteiger charge is 2.22. The quantitative estimate of drug-likeness (QED) is 0.469. The van der Waals surface area contributed by atoms with E-state index in [0.717, 1.165) is 77.8 Å². The van der Waals surface area contributed by atoms with Gasteiger partial charge in [0.05, 0.1) is 18.1 Å². The number of hydrogen-bond donors (Lipinski definition) is 1. The molecule has 2 fully saturated rings. The van der Waals surface area contributed by atoms with Crippen molar-refractivity contribution < 1.29 is 9.66 Å². The molecule has 1 aromatic heterocycles. The summed E-state index contributed by atoms with van der Waals surface area (Å²) in [5, 5.41) is 14.7. The van der Waals surface area contributed by atoms with Crippen molar-refractivity contribution in [1.82, 2.24) is 14.8 Å². The standard InChI is InChI=1S/C23H32N6O3/c30-29(31)21-6-7-22(25-23(21)24-9-11-27-16-18-32-19-17-27)28-14-12-26(13-15-28)10-8-20-4-2-1-3-5-20/h1-7H,8-19H2,(H,24,25). The molecule has 0 unspecified atom stereocenters. The van der Waals surface area contributed by atoms with Crippen molar-refractivity contribution in [2.45, 2.75) is 6.42 Å². The zero-order valence-corrected chi connectivity index (χ0v) is 18.5. The monoisotopic (exact) mass is 440 g/mol. The lowest BCUT2D eigenvalue weighted by molar-refractivity contribution is -0.384. The number of morpholine rings is 1. The molecule has 0 aliphatic carbocycles. The lowest BCUT2D eigenvalue weighted by Gasteiger charge is -2.35.